The van der Waals surface area contributed by atoms with Gasteiger partial charge in [-0.15, -0.1) is 0 Å². The van der Waals surface area contributed by atoms with Gasteiger partial charge in [-0.3, -0.25) is 5.32 Å². The van der Waals surface area contributed by atoms with Crippen molar-refractivity contribution in [2.75, 3.05) is 49.6 Å². The van der Waals surface area contributed by atoms with E-state index in [2.05, 4.69) is 25.3 Å². The second kappa shape index (κ2) is 18.2. The third kappa shape index (κ3) is 9.49. The molecule has 3 aromatic heterocycles. The first-order chi connectivity index (χ1) is 30.4. The van der Waals surface area contributed by atoms with Gasteiger partial charge in [-0.1, -0.05) is 41.9 Å². The molecule has 3 aromatic carbocycles. The van der Waals surface area contributed by atoms with E-state index in [1.807, 2.05) is 31.2 Å². The lowest BCUT2D eigenvalue weighted by atomic mass is 9.98. The van der Waals surface area contributed by atoms with Gasteiger partial charge in [0.2, 0.25) is 0 Å². The van der Waals surface area contributed by atoms with Crippen LogP contribution in [0.5, 0.6) is 23.3 Å². The van der Waals surface area contributed by atoms with Gasteiger partial charge in [0, 0.05) is 24.8 Å². The smallest absolute Gasteiger partial charge is 0.418 e. The lowest BCUT2D eigenvalue weighted by Crippen LogP contribution is -2.32. The molecule has 0 spiro atoms. The second-order valence-corrected chi connectivity index (χ2v) is 16.3. The zero-order chi connectivity index (χ0) is 46.1. The Morgan fingerprint density at radius 2 is 1.56 bits per heavy atom. The topological polar surface area (TPSA) is 133 Å². The number of hydrogen-bond donors (Lipinski definition) is 1. The highest BCUT2D eigenvalue weighted by atomic mass is 35.5. The maximum atomic E-state index is 17.6. The third-order valence-electron chi connectivity index (χ3n) is 10.5. The number of pyridine rings is 2. The average Bonchev–Trinajstić information content (AvgIpc) is 3.44. The number of alkyl halides is 3. The van der Waals surface area contributed by atoms with Crippen LogP contribution in [0, 0.1) is 12.7 Å². The number of anilines is 3. The fourth-order valence-corrected chi connectivity index (χ4v) is 7.83. The van der Waals surface area contributed by atoms with Crippen LogP contribution >= 0.6 is 11.6 Å². The minimum atomic E-state index is -5.00. The van der Waals surface area contributed by atoms with E-state index in [1.54, 1.807) is 81.2 Å². The molecule has 6 aromatic rings. The highest BCUT2D eigenvalue weighted by Crippen LogP contribution is 2.51. The van der Waals surface area contributed by atoms with Gasteiger partial charge < -0.3 is 33.5 Å². The fourth-order valence-electron chi connectivity index (χ4n) is 7.51. The summed E-state index contributed by atoms with van der Waals surface area (Å²) < 4.78 is 91.4. The quantitative estimate of drug-likeness (QED) is 0.117. The lowest BCUT2D eigenvalue weighted by Gasteiger charge is -2.31. The maximum Gasteiger partial charge on any atom is 0.418 e. The van der Waals surface area contributed by atoms with Crippen molar-refractivity contribution < 1.29 is 46.0 Å². The summed E-state index contributed by atoms with van der Waals surface area (Å²) in [5, 5.41) is 2.23. The number of benzene rings is 3. The van der Waals surface area contributed by atoms with Crippen molar-refractivity contribution in [3.05, 3.63) is 112 Å². The summed E-state index contributed by atoms with van der Waals surface area (Å²) in [6.45, 7) is 8.73. The zero-order valence-corrected chi connectivity index (χ0v) is 37.1. The van der Waals surface area contributed by atoms with Crippen LogP contribution < -0.4 is 34.1 Å². The zero-order valence-electron chi connectivity index (χ0n) is 36.4. The molecule has 7 rings (SSSR count). The van der Waals surface area contributed by atoms with E-state index in [1.165, 1.54) is 26.3 Å². The normalized spacial score (nSPS) is 13.2. The SMILES string of the molecule is COc1ccc(CN(Cc2ccc(OC)cc2)c2cc(C)c(C(F)(F)F)c(-c3c(Cl)c4c5c(nc(OC)nc5c3F)N([C@H](C)c3cccnc3NC(=O)OC(C)(C)C)CCO4)n2)cc1. The van der Waals surface area contributed by atoms with E-state index in [0.717, 1.165) is 11.1 Å². The molecule has 0 saturated carbocycles. The highest BCUT2D eigenvalue weighted by molar-refractivity contribution is 6.36. The van der Waals surface area contributed by atoms with Gasteiger partial charge in [0.25, 0.3) is 0 Å². The Morgan fingerprint density at radius 1 is 0.938 bits per heavy atom. The lowest BCUT2D eigenvalue weighted by molar-refractivity contribution is -0.137. The van der Waals surface area contributed by atoms with E-state index in [9.17, 15) is 4.79 Å². The molecule has 0 radical (unpaired) electrons. The largest absolute Gasteiger partial charge is 0.497 e. The van der Waals surface area contributed by atoms with E-state index in [-0.39, 0.29) is 66.4 Å². The van der Waals surface area contributed by atoms with Crippen molar-refractivity contribution >= 4 is 46.1 Å². The van der Waals surface area contributed by atoms with Crippen LogP contribution in [-0.4, -0.2) is 66.1 Å². The molecule has 1 aliphatic rings. The second-order valence-electron chi connectivity index (χ2n) is 15.9. The molecule has 18 heteroatoms. The number of carbonyl (C=O) groups excluding carboxylic acids is 1. The monoisotopic (exact) mass is 903 g/mol. The number of rotatable bonds is 12. The number of aromatic nitrogens is 4. The Morgan fingerprint density at radius 3 is 2.12 bits per heavy atom. The summed E-state index contributed by atoms with van der Waals surface area (Å²) in [5.41, 5.74) is -1.91. The Balaban J connectivity index is 1.40. The summed E-state index contributed by atoms with van der Waals surface area (Å²) in [7, 11) is 4.38. The van der Waals surface area contributed by atoms with Crippen LogP contribution in [0.3, 0.4) is 0 Å². The Labute approximate surface area is 372 Å². The minimum Gasteiger partial charge on any atom is -0.497 e. The van der Waals surface area contributed by atoms with Crippen LogP contribution in [-0.2, 0) is 24.0 Å². The molecule has 1 atom stereocenters. The van der Waals surface area contributed by atoms with Crippen LogP contribution in [0.4, 0.5) is 39.8 Å². The van der Waals surface area contributed by atoms with Crippen LogP contribution in [0.2, 0.25) is 5.02 Å². The van der Waals surface area contributed by atoms with Gasteiger partial charge in [0.05, 0.1) is 61.1 Å². The van der Waals surface area contributed by atoms with E-state index < -0.39 is 57.1 Å². The Bertz CT molecular complexity index is 2630. The first-order valence-corrected chi connectivity index (χ1v) is 20.5. The average molecular weight is 904 g/mol. The number of nitrogens with one attached hydrogen (secondary N) is 1. The maximum absolute atomic E-state index is 17.6. The highest BCUT2D eigenvalue weighted by Gasteiger charge is 2.41. The first kappa shape index (κ1) is 45.4. The standard InChI is InChI=1S/C46H46ClF4N7O6/c1-25-22-32(57(23-27-11-15-29(60-6)16-12-27)24-28-13-17-30(61-7)18-14-28)53-38(35(25)46(49,50)51)33-36(47)40-34-39(37(33)48)54-43(62-8)56-42(34)58(20-21-63-40)26(2)31-10-9-19-52-41(31)55-44(59)64-45(3,4)5/h9-19,22,26H,20-21,23-24H2,1-8H3,(H,52,55,59)/t26-/m1/s1. The number of carbonyl (C=O) groups is 1. The molecule has 0 fully saturated rings. The van der Waals surface area contributed by atoms with Gasteiger partial charge in [-0.2, -0.15) is 23.1 Å². The summed E-state index contributed by atoms with van der Waals surface area (Å²) >= 11 is 7.10. The van der Waals surface area contributed by atoms with Crippen molar-refractivity contribution in [3.8, 4) is 34.5 Å². The number of nitrogens with zero attached hydrogens (tertiary/aromatic N) is 6. The summed E-state index contributed by atoms with van der Waals surface area (Å²) in [6.07, 6.45) is -4.23. The van der Waals surface area contributed by atoms with E-state index >= 15 is 17.6 Å². The molecular formula is C46H46ClF4N7O6. The molecule has 1 N–H and O–H groups in total. The first-order valence-electron chi connectivity index (χ1n) is 20.1. The molecule has 13 nitrogen and oxygen atoms in total. The molecule has 0 saturated heterocycles. The number of amides is 1. The van der Waals surface area contributed by atoms with Gasteiger partial charge in [-0.05, 0) is 87.7 Å². The molecule has 0 aliphatic carbocycles. The van der Waals surface area contributed by atoms with Crippen molar-refractivity contribution in [1.29, 1.82) is 0 Å². The number of hydrogen-bond acceptors (Lipinski definition) is 12. The van der Waals surface area contributed by atoms with Crippen molar-refractivity contribution in [2.24, 2.45) is 0 Å². The van der Waals surface area contributed by atoms with Crippen LogP contribution in [0.1, 0.15) is 61.6 Å². The van der Waals surface area contributed by atoms with E-state index in [4.69, 9.17) is 35.3 Å². The molecule has 1 amide bonds. The van der Waals surface area contributed by atoms with Crippen molar-refractivity contribution in [1.82, 2.24) is 19.9 Å². The molecular weight excluding hydrogens is 858 g/mol. The number of halogens is 5. The van der Waals surface area contributed by atoms with Gasteiger partial charge >= 0.3 is 18.3 Å². The molecule has 4 heterocycles. The van der Waals surface area contributed by atoms with Crippen LogP contribution in [0.25, 0.3) is 22.2 Å². The van der Waals surface area contributed by atoms with Gasteiger partial charge in [0.15, 0.2) is 11.6 Å². The van der Waals surface area contributed by atoms with Gasteiger partial charge in [-0.25, -0.2) is 19.2 Å². The number of aryl methyl sites for hydroxylation is 1. The Hall–Kier alpha value is -6.62. The summed E-state index contributed by atoms with van der Waals surface area (Å²) in [6, 6.07) is 18.3. The molecule has 64 heavy (non-hydrogen) atoms. The molecule has 1 aliphatic heterocycles. The third-order valence-corrected chi connectivity index (χ3v) is 10.8. The van der Waals surface area contributed by atoms with Crippen LogP contribution in [0.15, 0.2) is 72.9 Å². The number of methoxy groups -OCH3 is 3. The fraction of sp³-hybridized carbons (Fsp3) is 0.326. The van der Waals surface area contributed by atoms with Gasteiger partial charge in [0.1, 0.15) is 46.7 Å². The minimum absolute atomic E-state index is 0.0102. The predicted molar refractivity (Wildman–Crippen MR) is 235 cm³/mol. The molecule has 0 unspecified atom stereocenters. The van der Waals surface area contributed by atoms with Crippen molar-refractivity contribution in [3.63, 3.8) is 0 Å². The predicted octanol–water partition coefficient (Wildman–Crippen LogP) is 10.7. The molecule has 336 valence electrons. The number of ether oxygens (including phenoxy) is 5. The van der Waals surface area contributed by atoms with Crippen molar-refractivity contribution in [2.45, 2.75) is 65.5 Å². The Kier molecular flexibility index (Phi) is 12.9. The molecule has 0 bridgehead atoms. The summed E-state index contributed by atoms with van der Waals surface area (Å²) in [4.78, 5) is 34.3. The summed E-state index contributed by atoms with van der Waals surface area (Å²) in [5.74, 6) is 0.313. The van der Waals surface area contributed by atoms with E-state index in [0.29, 0.717) is 17.1 Å².